The second kappa shape index (κ2) is 4.51. The van der Waals surface area contributed by atoms with Crippen molar-refractivity contribution < 1.29 is 0 Å². The van der Waals surface area contributed by atoms with E-state index in [1.165, 1.54) is 38.5 Å². The van der Waals surface area contributed by atoms with Gasteiger partial charge in [-0.05, 0) is 25.7 Å². The number of nitrogens with two attached hydrogens (primary N) is 1. The van der Waals surface area contributed by atoms with E-state index in [1.807, 2.05) is 6.07 Å². The van der Waals surface area contributed by atoms with Crippen LogP contribution in [0.4, 0.5) is 11.6 Å². The van der Waals surface area contributed by atoms with Crippen LogP contribution in [0.3, 0.4) is 0 Å². The van der Waals surface area contributed by atoms with Gasteiger partial charge in [0.2, 0.25) is 0 Å². The van der Waals surface area contributed by atoms with Crippen molar-refractivity contribution in [2.45, 2.75) is 44.4 Å². The van der Waals surface area contributed by atoms with E-state index in [0.717, 1.165) is 24.7 Å². The Hall–Kier alpha value is -1.32. The summed E-state index contributed by atoms with van der Waals surface area (Å²) in [6.45, 7) is 2.22. The lowest BCUT2D eigenvalue weighted by atomic mass is 10.2. The molecule has 4 heteroatoms. The smallest absolute Gasteiger partial charge is 0.136 e. The predicted molar refractivity (Wildman–Crippen MR) is 69.1 cm³/mol. The maximum absolute atomic E-state index is 5.89. The first-order chi connectivity index (χ1) is 8.33. The van der Waals surface area contributed by atoms with Crippen LogP contribution < -0.4 is 10.6 Å². The molecule has 0 atom stereocenters. The van der Waals surface area contributed by atoms with Gasteiger partial charge < -0.3 is 10.6 Å². The van der Waals surface area contributed by atoms with E-state index in [9.17, 15) is 0 Å². The number of hydrogen-bond donors (Lipinski definition) is 1. The second-order valence-electron chi connectivity index (χ2n) is 5.18. The van der Waals surface area contributed by atoms with Crippen molar-refractivity contribution in [2.75, 3.05) is 23.7 Å². The van der Waals surface area contributed by atoms with E-state index in [4.69, 9.17) is 10.7 Å². The number of nitrogens with zero attached hydrogens (tertiary/aromatic N) is 3. The van der Waals surface area contributed by atoms with Gasteiger partial charge in [-0.15, -0.1) is 0 Å². The molecule has 3 rings (SSSR count). The summed E-state index contributed by atoms with van der Waals surface area (Å²) in [6, 6.07) is 1.93. The lowest BCUT2D eigenvalue weighted by Gasteiger charge is -2.22. The molecule has 1 aromatic heterocycles. The first-order valence-corrected chi connectivity index (χ1v) is 6.72. The molecule has 0 aromatic carbocycles. The van der Waals surface area contributed by atoms with Crippen LogP contribution in [0.25, 0.3) is 0 Å². The molecule has 0 unspecified atom stereocenters. The Labute approximate surface area is 102 Å². The van der Waals surface area contributed by atoms with Crippen molar-refractivity contribution in [1.82, 2.24) is 9.97 Å². The van der Waals surface area contributed by atoms with Crippen molar-refractivity contribution in [2.24, 2.45) is 0 Å². The van der Waals surface area contributed by atoms with Crippen LogP contribution in [0.5, 0.6) is 0 Å². The molecule has 2 heterocycles. The first kappa shape index (κ1) is 10.8. The van der Waals surface area contributed by atoms with Gasteiger partial charge in [0, 0.05) is 25.1 Å². The standard InChI is InChI=1S/C13H20N4/c14-11-9-12(16-13(15-11)10-5-6-10)17-7-3-1-2-4-8-17/h9-10H,1-8H2,(H2,14,15,16). The van der Waals surface area contributed by atoms with Crippen LogP contribution in [0, 0.1) is 0 Å². The quantitative estimate of drug-likeness (QED) is 0.850. The molecule has 2 N–H and O–H groups in total. The first-order valence-electron chi connectivity index (χ1n) is 6.72. The predicted octanol–water partition coefficient (Wildman–Crippen LogP) is 2.32. The van der Waals surface area contributed by atoms with E-state index < -0.39 is 0 Å². The fourth-order valence-corrected chi connectivity index (χ4v) is 2.46. The molecular formula is C13H20N4. The zero-order valence-electron chi connectivity index (χ0n) is 10.2. The molecule has 0 amide bonds. The van der Waals surface area contributed by atoms with E-state index in [0.29, 0.717) is 11.7 Å². The zero-order valence-corrected chi connectivity index (χ0v) is 10.2. The topological polar surface area (TPSA) is 55.0 Å². The highest BCUT2D eigenvalue weighted by Gasteiger charge is 2.27. The Kier molecular flexibility index (Phi) is 2.87. The second-order valence-corrected chi connectivity index (χ2v) is 5.18. The third kappa shape index (κ3) is 2.51. The Balaban J connectivity index is 1.84. The van der Waals surface area contributed by atoms with Gasteiger partial charge in [-0.2, -0.15) is 0 Å². The summed E-state index contributed by atoms with van der Waals surface area (Å²) in [5.74, 6) is 3.20. The maximum Gasteiger partial charge on any atom is 0.136 e. The van der Waals surface area contributed by atoms with Crippen LogP contribution in [-0.2, 0) is 0 Å². The maximum atomic E-state index is 5.89. The molecular weight excluding hydrogens is 212 g/mol. The third-order valence-electron chi connectivity index (χ3n) is 3.62. The van der Waals surface area contributed by atoms with Crippen LogP contribution >= 0.6 is 0 Å². The Morgan fingerprint density at radius 2 is 1.76 bits per heavy atom. The molecule has 1 aromatic rings. The Bertz CT molecular complexity index is 392. The fourth-order valence-electron chi connectivity index (χ4n) is 2.46. The van der Waals surface area contributed by atoms with Gasteiger partial charge in [-0.3, -0.25) is 0 Å². The molecule has 4 nitrogen and oxygen atoms in total. The van der Waals surface area contributed by atoms with E-state index in [1.54, 1.807) is 0 Å². The third-order valence-corrected chi connectivity index (χ3v) is 3.62. The highest BCUT2D eigenvalue weighted by atomic mass is 15.2. The summed E-state index contributed by atoms with van der Waals surface area (Å²) in [5.41, 5.74) is 5.89. The van der Waals surface area contributed by atoms with E-state index >= 15 is 0 Å². The van der Waals surface area contributed by atoms with Crippen molar-refractivity contribution in [3.05, 3.63) is 11.9 Å². The van der Waals surface area contributed by atoms with Gasteiger partial charge >= 0.3 is 0 Å². The zero-order chi connectivity index (χ0) is 11.7. The summed E-state index contributed by atoms with van der Waals surface area (Å²) in [6.07, 6.45) is 7.66. The van der Waals surface area contributed by atoms with Gasteiger partial charge in [-0.25, -0.2) is 9.97 Å². The van der Waals surface area contributed by atoms with Gasteiger partial charge in [0.05, 0.1) is 0 Å². The molecule has 2 fully saturated rings. The number of nitrogen functional groups attached to an aromatic ring is 1. The van der Waals surface area contributed by atoms with Gasteiger partial charge in [0.15, 0.2) is 0 Å². The minimum Gasteiger partial charge on any atom is -0.384 e. The molecule has 1 saturated carbocycles. The van der Waals surface area contributed by atoms with Gasteiger partial charge in [0.25, 0.3) is 0 Å². The number of hydrogen-bond acceptors (Lipinski definition) is 4. The molecule has 0 radical (unpaired) electrons. The molecule has 2 aliphatic rings. The largest absolute Gasteiger partial charge is 0.384 e. The SMILES string of the molecule is Nc1cc(N2CCCCCC2)nc(C2CC2)n1. The summed E-state index contributed by atoms with van der Waals surface area (Å²) in [7, 11) is 0. The number of anilines is 2. The molecule has 0 spiro atoms. The van der Waals surface area contributed by atoms with E-state index in [2.05, 4.69) is 9.88 Å². The van der Waals surface area contributed by atoms with Crippen molar-refractivity contribution >= 4 is 11.6 Å². The van der Waals surface area contributed by atoms with Crippen LogP contribution in [-0.4, -0.2) is 23.1 Å². The minimum atomic E-state index is 0.573. The monoisotopic (exact) mass is 232 g/mol. The lowest BCUT2D eigenvalue weighted by Crippen LogP contribution is -2.25. The average molecular weight is 232 g/mol. The van der Waals surface area contributed by atoms with Crippen molar-refractivity contribution in [3.8, 4) is 0 Å². The normalized spacial score (nSPS) is 21.3. The highest BCUT2D eigenvalue weighted by molar-refractivity contribution is 5.47. The van der Waals surface area contributed by atoms with Crippen molar-refractivity contribution in [3.63, 3.8) is 0 Å². The van der Waals surface area contributed by atoms with Crippen molar-refractivity contribution in [1.29, 1.82) is 0 Å². The van der Waals surface area contributed by atoms with Gasteiger partial charge in [-0.1, -0.05) is 12.8 Å². The summed E-state index contributed by atoms with van der Waals surface area (Å²) in [4.78, 5) is 11.4. The average Bonchev–Trinajstić information content (AvgIpc) is 3.16. The Morgan fingerprint density at radius 1 is 1.06 bits per heavy atom. The van der Waals surface area contributed by atoms with Crippen LogP contribution in [0.1, 0.15) is 50.3 Å². The fraction of sp³-hybridized carbons (Fsp3) is 0.692. The molecule has 0 bridgehead atoms. The van der Waals surface area contributed by atoms with E-state index in [-0.39, 0.29) is 0 Å². The Morgan fingerprint density at radius 3 is 2.41 bits per heavy atom. The lowest BCUT2D eigenvalue weighted by molar-refractivity contribution is 0.726. The summed E-state index contributed by atoms with van der Waals surface area (Å²) >= 11 is 0. The molecule has 1 aliphatic heterocycles. The molecule has 1 aliphatic carbocycles. The molecule has 92 valence electrons. The highest BCUT2D eigenvalue weighted by Crippen LogP contribution is 2.39. The summed E-state index contributed by atoms with van der Waals surface area (Å²) < 4.78 is 0. The minimum absolute atomic E-state index is 0.573. The molecule has 17 heavy (non-hydrogen) atoms. The number of aromatic nitrogens is 2. The number of rotatable bonds is 2. The van der Waals surface area contributed by atoms with Crippen LogP contribution in [0.15, 0.2) is 6.07 Å². The van der Waals surface area contributed by atoms with Crippen LogP contribution in [0.2, 0.25) is 0 Å². The summed E-state index contributed by atoms with van der Waals surface area (Å²) in [5, 5.41) is 0. The molecule has 1 saturated heterocycles. The van der Waals surface area contributed by atoms with Gasteiger partial charge in [0.1, 0.15) is 17.5 Å².